The van der Waals surface area contributed by atoms with Crippen LogP contribution in [0.5, 0.6) is 11.5 Å². The summed E-state index contributed by atoms with van der Waals surface area (Å²) in [5.74, 6) is 3.56. The van der Waals surface area contributed by atoms with Gasteiger partial charge in [0.25, 0.3) is 0 Å². The van der Waals surface area contributed by atoms with E-state index < -0.39 is 11.2 Å². The molecule has 0 amide bonds. The first-order valence-corrected chi connectivity index (χ1v) is 31.6. The number of unbranched alkanes of at least 4 members (excludes halogenated alkanes) is 2. The summed E-state index contributed by atoms with van der Waals surface area (Å²) in [6.45, 7) is 25.9. The number of phenolic OH excluding ortho intramolecular Hbond substituents is 1. The van der Waals surface area contributed by atoms with Gasteiger partial charge in [-0.05, 0) is 227 Å². The molecule has 5 fully saturated rings. The molecule has 13 atom stereocenters. The van der Waals surface area contributed by atoms with Gasteiger partial charge in [0, 0.05) is 43.9 Å². The third kappa shape index (κ3) is 11.5. The van der Waals surface area contributed by atoms with E-state index in [1.54, 1.807) is 26.0 Å². The van der Waals surface area contributed by atoms with Crippen molar-refractivity contribution in [3.63, 3.8) is 0 Å². The zero-order chi connectivity index (χ0) is 60.6. The third-order valence-electron chi connectivity index (χ3n) is 22.8. The number of Topliss-reactive ketones (excluding diaryl/α,β-unsaturated/α-hetero) is 2. The lowest BCUT2D eigenvalue weighted by atomic mass is 9.44. The second kappa shape index (κ2) is 24.7. The minimum atomic E-state index is -0.990. The van der Waals surface area contributed by atoms with Gasteiger partial charge in [0.1, 0.15) is 11.5 Å². The van der Waals surface area contributed by atoms with Gasteiger partial charge >= 0.3 is 17.9 Å². The van der Waals surface area contributed by atoms with E-state index in [4.69, 9.17) is 14.2 Å². The van der Waals surface area contributed by atoms with Crippen molar-refractivity contribution >= 4 is 52.2 Å². The summed E-state index contributed by atoms with van der Waals surface area (Å²) in [7, 11) is 0. The van der Waals surface area contributed by atoms with Gasteiger partial charge < -0.3 is 19.3 Å². The molecule has 0 radical (unpaired) electrons. The average Bonchev–Trinajstić information content (AvgIpc) is 1.76. The molecule has 8 aliphatic rings. The van der Waals surface area contributed by atoms with Gasteiger partial charge in [-0.1, -0.05) is 110 Å². The van der Waals surface area contributed by atoms with Crippen LogP contribution in [0.15, 0.2) is 83.5 Å². The van der Waals surface area contributed by atoms with Crippen molar-refractivity contribution in [3.05, 3.63) is 94.6 Å². The first-order chi connectivity index (χ1) is 39.2. The van der Waals surface area contributed by atoms with Gasteiger partial charge in [0.15, 0.2) is 34.3 Å². The van der Waals surface area contributed by atoms with E-state index in [-0.39, 0.29) is 68.5 Å². The molecule has 1 N–H and O–H groups in total. The predicted octanol–water partition coefficient (Wildman–Crippen LogP) is 15.8. The topological polar surface area (TPSA) is 167 Å². The zero-order valence-corrected chi connectivity index (χ0v) is 52.4. The van der Waals surface area contributed by atoms with Crippen LogP contribution in [0.1, 0.15) is 223 Å². The van der Waals surface area contributed by atoms with Crippen molar-refractivity contribution in [1.29, 1.82) is 0 Å². The minimum absolute atomic E-state index is 0.00469. The molecule has 0 heterocycles. The number of esters is 3. The molecular weight excluding hydrogens is 1040 g/mol. The fourth-order valence-corrected chi connectivity index (χ4v) is 18.8. The Labute approximate surface area is 495 Å². The second-order valence-corrected chi connectivity index (χ2v) is 27.2. The third-order valence-corrected chi connectivity index (χ3v) is 22.8. The van der Waals surface area contributed by atoms with Crippen LogP contribution in [0.25, 0.3) is 11.1 Å². The molecule has 0 saturated heterocycles. The van der Waals surface area contributed by atoms with E-state index in [0.29, 0.717) is 79.3 Å². The molecular formula is C72H96O11. The van der Waals surface area contributed by atoms with Crippen molar-refractivity contribution in [1.82, 2.24) is 0 Å². The lowest BCUT2D eigenvalue weighted by molar-refractivity contribution is -0.187. The molecule has 0 bridgehead atoms. The van der Waals surface area contributed by atoms with E-state index in [1.165, 1.54) is 41.7 Å². The number of hydrogen-bond acceptors (Lipinski definition) is 11. The van der Waals surface area contributed by atoms with E-state index in [0.717, 1.165) is 101 Å². The number of hydrogen-bond donors (Lipinski definition) is 1. The molecule has 83 heavy (non-hydrogen) atoms. The number of benzene rings is 2. The van der Waals surface area contributed by atoms with Gasteiger partial charge in [-0.15, -0.1) is 0 Å². The molecule has 0 unspecified atom stereocenters. The van der Waals surface area contributed by atoms with E-state index in [2.05, 4.69) is 68.4 Å². The van der Waals surface area contributed by atoms with Gasteiger partial charge in [0.2, 0.25) is 0 Å². The predicted molar refractivity (Wildman–Crippen MR) is 325 cm³/mol. The maximum Gasteiger partial charge on any atom is 0.311 e. The Morgan fingerprint density at radius 2 is 1.10 bits per heavy atom. The monoisotopic (exact) mass is 1140 g/mol. The molecule has 10 rings (SSSR count). The second-order valence-electron chi connectivity index (χ2n) is 27.2. The van der Waals surface area contributed by atoms with Crippen molar-refractivity contribution in [2.45, 2.75) is 223 Å². The Bertz CT molecular complexity index is 2970. The highest BCUT2D eigenvalue weighted by Gasteiger charge is 2.69. The molecule has 11 nitrogen and oxygen atoms in total. The van der Waals surface area contributed by atoms with Crippen molar-refractivity contribution < 1.29 is 52.9 Å². The minimum Gasteiger partial charge on any atom is -0.508 e. The highest BCUT2D eigenvalue weighted by molar-refractivity contribution is 5.94. The van der Waals surface area contributed by atoms with Crippen molar-refractivity contribution in [2.75, 3.05) is 0 Å². The summed E-state index contributed by atoms with van der Waals surface area (Å²) in [6.07, 6.45) is 22.7. The Morgan fingerprint density at radius 3 is 1.63 bits per heavy atom. The number of ether oxygens (including phenoxy) is 3. The fraction of sp³-hybridized carbons (Fsp3) is 0.625. The first-order valence-electron chi connectivity index (χ1n) is 31.6. The molecule has 11 heteroatoms. The van der Waals surface area contributed by atoms with Crippen molar-refractivity contribution in [3.8, 4) is 11.5 Å². The first kappa shape index (κ1) is 63.3. The van der Waals surface area contributed by atoms with Crippen LogP contribution >= 0.6 is 0 Å². The highest BCUT2D eigenvalue weighted by atomic mass is 16.6. The molecule has 2 aromatic carbocycles. The number of ketones is 4. The van der Waals surface area contributed by atoms with Crippen LogP contribution in [0, 0.1) is 63.1 Å². The number of aromatic hydroxyl groups is 1. The Balaban J connectivity index is 0.000000163. The van der Waals surface area contributed by atoms with E-state index in [9.17, 15) is 38.7 Å². The molecule has 0 aromatic heterocycles. The van der Waals surface area contributed by atoms with E-state index >= 15 is 0 Å². The van der Waals surface area contributed by atoms with Gasteiger partial charge in [-0.2, -0.15) is 0 Å². The highest BCUT2D eigenvalue weighted by Crippen LogP contribution is 2.70. The lowest BCUT2D eigenvalue weighted by Gasteiger charge is -2.60. The number of allylic oxidation sites excluding steroid dienone is 7. The maximum atomic E-state index is 12.8. The normalized spacial score (nSPS) is 34.9. The quantitative estimate of drug-likeness (QED) is 0.0877. The van der Waals surface area contributed by atoms with Crippen LogP contribution in [-0.4, -0.2) is 57.3 Å². The molecule has 8 aliphatic carbocycles. The largest absolute Gasteiger partial charge is 0.508 e. The van der Waals surface area contributed by atoms with Gasteiger partial charge in [-0.3, -0.25) is 33.6 Å². The van der Waals surface area contributed by atoms with Crippen LogP contribution < -0.4 is 4.74 Å². The SMILES string of the molecule is CC(=O)O[C@]1(C(C)=O)CC[C@H]2[C@@H]3C=C(C)C4=CC(=O)CC[C@]4(C)[C@H]3CC[C@@]21C.CC(=O)O[C@]1(C(C)=O)CC[C@H]2[C@@H]3C[C@H](C)C4=CC(=O)CC[C@]4(C)[C@H]3CC[C@@]21C.CCCCCC(=O)Oc1ccc(/C(CC)=C(\CC)c2ccc(O)cc2)cc1. The Kier molecular flexibility index (Phi) is 18.9. The van der Waals surface area contributed by atoms with Gasteiger partial charge in [-0.25, -0.2) is 0 Å². The zero-order valence-electron chi connectivity index (χ0n) is 52.4. The summed E-state index contributed by atoms with van der Waals surface area (Å²) < 4.78 is 17.1. The molecule has 0 spiro atoms. The maximum absolute atomic E-state index is 12.8. The van der Waals surface area contributed by atoms with Crippen molar-refractivity contribution in [2.24, 2.45) is 63.1 Å². The summed E-state index contributed by atoms with van der Waals surface area (Å²) in [5.41, 5.74) is 6.16. The Morgan fingerprint density at radius 1 is 0.602 bits per heavy atom. The van der Waals surface area contributed by atoms with Gasteiger partial charge in [0.05, 0.1) is 0 Å². The van der Waals surface area contributed by atoms with Crippen LogP contribution in [-0.2, 0) is 43.0 Å². The number of rotatable bonds is 13. The standard InChI is InChI=1S/C24H34O4.C24H32O4.C24H30O3/c2*1-14-12-18-19(22(4)9-6-17(27)13-21(14)22)7-10-23(5)20(18)8-11-24(23,15(2)25)28-16(3)26;1-4-7-8-9-24(26)27-21-16-12-19(13-17-21)23(6-3)22(5-2)18-10-14-20(25)15-11-18/h13-14,18-20H,6-12H2,1-5H3;12-13,18-20H,6-11H2,1-5H3;10-17,25H,4-9H2,1-3H3/b;;23-22+/t14-,18+,19-,20-,22+,23-,24-;18-,19+,20+,22-,23+,24+;/m01./s1. The van der Waals surface area contributed by atoms with Crippen LogP contribution in [0.3, 0.4) is 0 Å². The van der Waals surface area contributed by atoms with E-state index in [1.807, 2.05) is 48.6 Å². The van der Waals surface area contributed by atoms with Crippen LogP contribution in [0.4, 0.5) is 0 Å². The molecule has 5 saturated carbocycles. The molecule has 2 aromatic rings. The fourth-order valence-electron chi connectivity index (χ4n) is 18.8. The number of fused-ring (bicyclic) bond motifs is 10. The van der Waals surface area contributed by atoms with Crippen LogP contribution in [0.2, 0.25) is 0 Å². The summed E-state index contributed by atoms with van der Waals surface area (Å²) >= 11 is 0. The molecule has 0 aliphatic heterocycles. The number of carbonyl (C=O) groups excluding carboxylic acids is 7. The summed E-state index contributed by atoms with van der Waals surface area (Å²) in [5, 5.41) is 9.54. The summed E-state index contributed by atoms with van der Waals surface area (Å²) in [4.78, 5) is 85.4. The Hall–Kier alpha value is -5.71. The smallest absolute Gasteiger partial charge is 0.311 e. The average molecular weight is 1140 g/mol. The lowest BCUT2D eigenvalue weighted by Crippen LogP contribution is -2.59. The number of carbonyl (C=O) groups is 7. The number of phenols is 1. The summed E-state index contributed by atoms with van der Waals surface area (Å²) in [6, 6.07) is 15.1. The molecule has 450 valence electrons.